The minimum Gasteiger partial charge on any atom is -0.228 e. The molecular formula is C6H8BrNO2S2. The second kappa shape index (κ2) is 3.45. The number of hydrogen-bond donors (Lipinski definition) is 1. The van der Waals surface area contributed by atoms with Crippen LogP contribution in [0.2, 0.25) is 0 Å². The first-order valence-corrected chi connectivity index (χ1v) is 6.52. The van der Waals surface area contributed by atoms with Gasteiger partial charge in [-0.3, -0.25) is 0 Å². The molecule has 0 fully saturated rings. The van der Waals surface area contributed by atoms with Gasteiger partial charge in [0.1, 0.15) is 0 Å². The molecule has 0 saturated carbocycles. The molecule has 0 atom stereocenters. The van der Waals surface area contributed by atoms with Crippen molar-refractivity contribution >= 4 is 37.3 Å². The van der Waals surface area contributed by atoms with Gasteiger partial charge in [0.15, 0.2) is 0 Å². The van der Waals surface area contributed by atoms with Crippen LogP contribution in [-0.4, -0.2) is 8.42 Å². The Bertz CT molecular complexity index is 382. The van der Waals surface area contributed by atoms with E-state index in [-0.39, 0.29) is 5.75 Å². The maximum Gasteiger partial charge on any atom is 0.214 e. The summed E-state index contributed by atoms with van der Waals surface area (Å²) in [6.07, 6.45) is 0. The number of primary sulfonamides is 1. The summed E-state index contributed by atoms with van der Waals surface area (Å²) in [5.41, 5.74) is 1.04. The van der Waals surface area contributed by atoms with Gasteiger partial charge in [0.25, 0.3) is 0 Å². The Labute approximate surface area is 83.8 Å². The second-order valence-electron chi connectivity index (χ2n) is 2.46. The average molecular weight is 270 g/mol. The minimum absolute atomic E-state index is 0.0912. The maximum absolute atomic E-state index is 10.7. The van der Waals surface area contributed by atoms with Gasteiger partial charge in [0.2, 0.25) is 10.0 Å². The van der Waals surface area contributed by atoms with Crippen molar-refractivity contribution < 1.29 is 8.42 Å². The fourth-order valence-electron chi connectivity index (χ4n) is 0.763. The quantitative estimate of drug-likeness (QED) is 0.887. The highest BCUT2D eigenvalue weighted by Crippen LogP contribution is 2.28. The first kappa shape index (κ1) is 10.2. The molecule has 12 heavy (non-hydrogen) atoms. The molecule has 0 aromatic carbocycles. The predicted molar refractivity (Wildman–Crippen MR) is 53.6 cm³/mol. The monoisotopic (exact) mass is 269 g/mol. The molecular weight excluding hydrogens is 262 g/mol. The fraction of sp³-hybridized carbons (Fsp3) is 0.333. The number of sulfonamides is 1. The van der Waals surface area contributed by atoms with E-state index >= 15 is 0 Å². The summed E-state index contributed by atoms with van der Waals surface area (Å²) in [6.45, 7) is 1.91. The van der Waals surface area contributed by atoms with Gasteiger partial charge >= 0.3 is 0 Å². The molecule has 3 nitrogen and oxygen atoms in total. The molecule has 0 saturated heterocycles. The molecule has 0 aliphatic carbocycles. The zero-order valence-electron chi connectivity index (χ0n) is 6.37. The number of hydrogen-bond acceptors (Lipinski definition) is 3. The highest BCUT2D eigenvalue weighted by Gasteiger charge is 2.11. The lowest BCUT2D eigenvalue weighted by Crippen LogP contribution is -2.13. The Hall–Kier alpha value is 0.0900. The highest BCUT2D eigenvalue weighted by molar-refractivity contribution is 9.10. The van der Waals surface area contributed by atoms with Crippen LogP contribution in [0.25, 0.3) is 0 Å². The summed E-state index contributed by atoms with van der Waals surface area (Å²) < 4.78 is 22.3. The first-order chi connectivity index (χ1) is 5.40. The number of halogens is 1. The van der Waals surface area contributed by atoms with E-state index in [1.807, 2.05) is 12.3 Å². The zero-order chi connectivity index (χ0) is 9.35. The third-order valence-corrected chi connectivity index (χ3v) is 4.65. The number of aryl methyl sites for hydroxylation is 1. The van der Waals surface area contributed by atoms with Crippen molar-refractivity contribution in [1.29, 1.82) is 0 Å². The molecule has 1 heterocycles. The van der Waals surface area contributed by atoms with Gasteiger partial charge in [-0.15, -0.1) is 11.3 Å². The Morgan fingerprint density at radius 3 is 2.58 bits per heavy atom. The smallest absolute Gasteiger partial charge is 0.214 e. The van der Waals surface area contributed by atoms with E-state index in [0.29, 0.717) is 0 Å². The normalized spacial score (nSPS) is 11.9. The Morgan fingerprint density at radius 1 is 1.67 bits per heavy atom. The van der Waals surface area contributed by atoms with E-state index in [2.05, 4.69) is 15.9 Å². The van der Waals surface area contributed by atoms with Crippen LogP contribution in [0, 0.1) is 6.92 Å². The molecule has 0 unspecified atom stereocenters. The second-order valence-corrected chi connectivity index (χ2v) is 5.83. The van der Waals surface area contributed by atoms with Gasteiger partial charge in [-0.25, -0.2) is 13.6 Å². The van der Waals surface area contributed by atoms with Crippen LogP contribution in [0.15, 0.2) is 9.85 Å². The zero-order valence-corrected chi connectivity index (χ0v) is 9.59. The lowest BCUT2D eigenvalue weighted by Gasteiger charge is -1.95. The van der Waals surface area contributed by atoms with Crippen LogP contribution < -0.4 is 5.14 Å². The van der Waals surface area contributed by atoms with E-state index in [1.54, 1.807) is 0 Å². The van der Waals surface area contributed by atoms with Crippen LogP contribution >= 0.6 is 27.3 Å². The third-order valence-electron chi connectivity index (χ3n) is 1.30. The van der Waals surface area contributed by atoms with Crippen molar-refractivity contribution in [3.8, 4) is 0 Å². The fourth-order valence-corrected chi connectivity index (χ4v) is 3.61. The summed E-state index contributed by atoms with van der Waals surface area (Å²) in [5, 5.41) is 6.80. The Balaban J connectivity index is 2.99. The topological polar surface area (TPSA) is 60.2 Å². The van der Waals surface area contributed by atoms with Gasteiger partial charge in [-0.2, -0.15) is 0 Å². The molecule has 68 valence electrons. The van der Waals surface area contributed by atoms with Crippen LogP contribution in [0.3, 0.4) is 0 Å². The van der Waals surface area contributed by atoms with Gasteiger partial charge in [-0.1, -0.05) is 0 Å². The van der Waals surface area contributed by atoms with E-state index in [9.17, 15) is 8.42 Å². The third kappa shape index (κ3) is 2.55. The molecule has 2 N–H and O–H groups in total. The summed E-state index contributed by atoms with van der Waals surface area (Å²) in [4.78, 5) is 0.759. The summed E-state index contributed by atoms with van der Waals surface area (Å²) in [7, 11) is -3.41. The van der Waals surface area contributed by atoms with E-state index in [0.717, 1.165) is 14.9 Å². The lowest BCUT2D eigenvalue weighted by molar-refractivity contribution is 0.597. The minimum atomic E-state index is -3.41. The van der Waals surface area contributed by atoms with Gasteiger partial charge in [-0.05, 0) is 33.8 Å². The molecule has 0 radical (unpaired) electrons. The van der Waals surface area contributed by atoms with Crippen molar-refractivity contribution in [3.63, 3.8) is 0 Å². The summed E-state index contributed by atoms with van der Waals surface area (Å²) >= 11 is 4.69. The van der Waals surface area contributed by atoms with Crippen LogP contribution in [-0.2, 0) is 15.8 Å². The lowest BCUT2D eigenvalue weighted by atomic mass is 10.3. The predicted octanol–water partition coefficient (Wildman–Crippen LogP) is 1.61. The van der Waals surface area contributed by atoms with E-state index in [1.165, 1.54) is 11.3 Å². The molecule has 0 bridgehead atoms. The van der Waals surface area contributed by atoms with Crippen molar-refractivity contribution in [1.82, 2.24) is 0 Å². The molecule has 1 rings (SSSR count). The Morgan fingerprint density at radius 2 is 2.25 bits per heavy atom. The van der Waals surface area contributed by atoms with Crippen molar-refractivity contribution in [3.05, 3.63) is 20.3 Å². The molecule has 0 amide bonds. The maximum atomic E-state index is 10.7. The van der Waals surface area contributed by atoms with Crippen LogP contribution in [0.4, 0.5) is 0 Å². The summed E-state index contributed by atoms with van der Waals surface area (Å²) in [5.74, 6) is -0.0912. The molecule has 1 aromatic rings. The van der Waals surface area contributed by atoms with E-state index < -0.39 is 10.0 Å². The van der Waals surface area contributed by atoms with Crippen LogP contribution in [0.1, 0.15) is 10.4 Å². The standard InChI is InChI=1S/C6H8BrNO2S2/c1-4-2-11-5(6(4)7)3-12(8,9)10/h2H,3H2,1H3,(H2,8,9,10). The SMILES string of the molecule is Cc1csc(CS(N)(=O)=O)c1Br. The molecule has 0 spiro atoms. The van der Waals surface area contributed by atoms with Gasteiger partial charge in [0.05, 0.1) is 5.75 Å². The van der Waals surface area contributed by atoms with E-state index in [4.69, 9.17) is 5.14 Å². The van der Waals surface area contributed by atoms with Crippen molar-refractivity contribution in [2.24, 2.45) is 5.14 Å². The largest absolute Gasteiger partial charge is 0.228 e. The van der Waals surface area contributed by atoms with Crippen molar-refractivity contribution in [2.75, 3.05) is 0 Å². The number of thiophene rings is 1. The Kier molecular flexibility index (Phi) is 2.92. The highest BCUT2D eigenvalue weighted by atomic mass is 79.9. The molecule has 1 aromatic heterocycles. The van der Waals surface area contributed by atoms with Crippen molar-refractivity contribution in [2.45, 2.75) is 12.7 Å². The average Bonchev–Trinajstić information content (AvgIpc) is 2.16. The van der Waals surface area contributed by atoms with Crippen LogP contribution in [0.5, 0.6) is 0 Å². The number of nitrogens with two attached hydrogens (primary N) is 1. The first-order valence-electron chi connectivity index (χ1n) is 3.13. The molecule has 0 aliphatic rings. The van der Waals surface area contributed by atoms with Gasteiger partial charge in [0, 0.05) is 9.35 Å². The van der Waals surface area contributed by atoms with Gasteiger partial charge < -0.3 is 0 Å². The summed E-state index contributed by atoms with van der Waals surface area (Å²) in [6, 6.07) is 0. The number of rotatable bonds is 2. The molecule has 0 aliphatic heterocycles. The molecule has 6 heteroatoms.